The van der Waals surface area contributed by atoms with Crippen LogP contribution in [0.3, 0.4) is 0 Å². The Bertz CT molecular complexity index is 995. The largest absolute Gasteiger partial charge is 0.352 e. The number of carbonyl (C=O) groups excluding carboxylic acids is 2. The Labute approximate surface area is 143 Å². The zero-order chi connectivity index (χ0) is 17.2. The van der Waals surface area contributed by atoms with Crippen LogP contribution in [0.2, 0.25) is 0 Å². The highest BCUT2D eigenvalue weighted by Crippen LogP contribution is 2.24. The molecule has 0 bridgehead atoms. The van der Waals surface area contributed by atoms with Gasteiger partial charge < -0.3 is 5.32 Å². The lowest BCUT2D eigenvalue weighted by Gasteiger charge is -2.15. The molecule has 0 aliphatic heterocycles. The molecule has 0 unspecified atom stereocenters. The highest BCUT2D eigenvalue weighted by atomic mass is 16.1. The van der Waals surface area contributed by atoms with E-state index in [2.05, 4.69) is 20.3 Å². The molecule has 120 valence electrons. The SMILES string of the molecule is O=C1C(Nc2ccc(-c3ccncc3)cc2)=CC(=O)c2ncncc21. The number of nitrogens with one attached hydrogen (secondary N) is 1. The molecule has 6 nitrogen and oxygen atoms in total. The van der Waals surface area contributed by atoms with E-state index in [0.717, 1.165) is 11.1 Å². The van der Waals surface area contributed by atoms with E-state index in [9.17, 15) is 9.59 Å². The monoisotopic (exact) mass is 328 g/mol. The Morgan fingerprint density at radius 3 is 2.32 bits per heavy atom. The summed E-state index contributed by atoms with van der Waals surface area (Å²) in [4.78, 5) is 36.3. The maximum Gasteiger partial charge on any atom is 0.213 e. The fraction of sp³-hybridized carbons (Fsp3) is 0. The molecular weight excluding hydrogens is 316 g/mol. The summed E-state index contributed by atoms with van der Waals surface area (Å²) in [6.45, 7) is 0. The topological polar surface area (TPSA) is 84.8 Å². The van der Waals surface area contributed by atoms with Crippen molar-refractivity contribution in [1.82, 2.24) is 15.0 Å². The van der Waals surface area contributed by atoms with Gasteiger partial charge in [-0.3, -0.25) is 14.6 Å². The molecule has 0 amide bonds. The van der Waals surface area contributed by atoms with Gasteiger partial charge in [0, 0.05) is 30.4 Å². The average Bonchev–Trinajstić information content (AvgIpc) is 2.67. The number of nitrogens with zero attached hydrogens (tertiary/aromatic N) is 3. The number of benzene rings is 1. The molecule has 4 rings (SSSR count). The molecule has 6 heteroatoms. The molecule has 25 heavy (non-hydrogen) atoms. The number of carbonyl (C=O) groups is 2. The van der Waals surface area contributed by atoms with Crippen LogP contribution in [0.1, 0.15) is 20.8 Å². The number of fused-ring (bicyclic) bond motifs is 1. The minimum atomic E-state index is -0.312. The van der Waals surface area contributed by atoms with Crippen molar-refractivity contribution in [3.8, 4) is 11.1 Å². The maximum absolute atomic E-state index is 12.5. The zero-order valence-corrected chi connectivity index (χ0v) is 13.0. The third-order valence-corrected chi connectivity index (χ3v) is 3.89. The van der Waals surface area contributed by atoms with Gasteiger partial charge in [0.15, 0.2) is 0 Å². The van der Waals surface area contributed by atoms with Gasteiger partial charge in [0.25, 0.3) is 0 Å². The summed E-state index contributed by atoms with van der Waals surface area (Å²) in [5.74, 6) is -0.610. The van der Waals surface area contributed by atoms with Crippen molar-refractivity contribution >= 4 is 17.3 Å². The number of Topliss-reactive ketones (excluding diaryl/α,β-unsaturated/α-hetero) is 1. The summed E-state index contributed by atoms with van der Waals surface area (Å²) in [5.41, 5.74) is 3.36. The van der Waals surface area contributed by atoms with Gasteiger partial charge in [-0.2, -0.15) is 0 Å². The van der Waals surface area contributed by atoms with E-state index in [1.54, 1.807) is 12.4 Å². The van der Waals surface area contributed by atoms with Gasteiger partial charge in [-0.15, -0.1) is 0 Å². The minimum absolute atomic E-state index is 0.138. The van der Waals surface area contributed by atoms with Crippen LogP contribution in [0.4, 0.5) is 5.69 Å². The number of ketones is 2. The van der Waals surface area contributed by atoms with Gasteiger partial charge in [-0.1, -0.05) is 12.1 Å². The normalized spacial score (nSPS) is 13.2. The highest BCUT2D eigenvalue weighted by Gasteiger charge is 2.27. The van der Waals surface area contributed by atoms with Gasteiger partial charge in [-0.05, 0) is 35.4 Å². The summed E-state index contributed by atoms with van der Waals surface area (Å²) < 4.78 is 0. The molecule has 1 N–H and O–H groups in total. The van der Waals surface area contributed by atoms with Crippen LogP contribution in [0.25, 0.3) is 11.1 Å². The molecule has 1 aromatic carbocycles. The van der Waals surface area contributed by atoms with Crippen LogP contribution in [-0.4, -0.2) is 26.5 Å². The summed E-state index contributed by atoms with van der Waals surface area (Å²) in [6.07, 6.45) is 7.36. The molecule has 0 radical (unpaired) electrons. The van der Waals surface area contributed by atoms with Crippen molar-refractivity contribution in [3.05, 3.63) is 84.3 Å². The second-order valence-corrected chi connectivity index (χ2v) is 5.47. The predicted octanol–water partition coefficient (Wildman–Crippen LogP) is 2.91. The Morgan fingerprint density at radius 2 is 1.56 bits per heavy atom. The van der Waals surface area contributed by atoms with E-state index >= 15 is 0 Å². The lowest BCUT2D eigenvalue weighted by Crippen LogP contribution is -2.22. The molecular formula is C19H12N4O2. The van der Waals surface area contributed by atoms with Gasteiger partial charge in [0.05, 0.1) is 11.3 Å². The quantitative estimate of drug-likeness (QED) is 0.796. The summed E-state index contributed by atoms with van der Waals surface area (Å²) in [7, 11) is 0. The number of anilines is 1. The summed E-state index contributed by atoms with van der Waals surface area (Å²) in [6, 6.07) is 11.4. The van der Waals surface area contributed by atoms with E-state index in [0.29, 0.717) is 5.69 Å². The van der Waals surface area contributed by atoms with Crippen molar-refractivity contribution in [3.63, 3.8) is 0 Å². The number of pyridine rings is 1. The second-order valence-electron chi connectivity index (χ2n) is 5.47. The molecule has 0 saturated heterocycles. The molecule has 2 heterocycles. The first-order valence-electron chi connectivity index (χ1n) is 7.60. The Balaban J connectivity index is 1.59. The van der Waals surface area contributed by atoms with E-state index in [-0.39, 0.29) is 28.5 Å². The average molecular weight is 328 g/mol. The molecule has 1 aliphatic rings. The first kappa shape index (κ1) is 14.9. The molecule has 2 aromatic heterocycles. The molecule has 0 fully saturated rings. The standard InChI is InChI=1S/C19H12N4O2/c24-17-9-16(19(25)15-10-21-11-22-18(15)17)23-14-3-1-12(2-4-14)13-5-7-20-8-6-13/h1-11,23H. The number of allylic oxidation sites excluding steroid dienone is 2. The molecule has 3 aromatic rings. The van der Waals surface area contributed by atoms with Crippen molar-refractivity contribution in [2.45, 2.75) is 0 Å². The summed E-state index contributed by atoms with van der Waals surface area (Å²) >= 11 is 0. The lowest BCUT2D eigenvalue weighted by molar-refractivity contribution is 0.0981. The third kappa shape index (κ3) is 2.81. The van der Waals surface area contributed by atoms with Crippen LogP contribution < -0.4 is 5.32 Å². The molecule has 1 aliphatic carbocycles. The van der Waals surface area contributed by atoms with E-state index in [1.165, 1.54) is 18.6 Å². The van der Waals surface area contributed by atoms with Gasteiger partial charge in [0.1, 0.15) is 12.0 Å². The first-order chi connectivity index (χ1) is 12.2. The van der Waals surface area contributed by atoms with E-state index < -0.39 is 0 Å². The van der Waals surface area contributed by atoms with Gasteiger partial charge >= 0.3 is 0 Å². The number of aromatic nitrogens is 3. The van der Waals surface area contributed by atoms with Gasteiger partial charge in [-0.25, -0.2) is 9.97 Å². The first-order valence-corrected chi connectivity index (χ1v) is 7.60. The number of hydrogen-bond acceptors (Lipinski definition) is 6. The van der Waals surface area contributed by atoms with Crippen molar-refractivity contribution in [2.75, 3.05) is 5.32 Å². The van der Waals surface area contributed by atoms with Crippen LogP contribution >= 0.6 is 0 Å². The molecule has 0 saturated carbocycles. The minimum Gasteiger partial charge on any atom is -0.352 e. The van der Waals surface area contributed by atoms with Crippen molar-refractivity contribution in [2.24, 2.45) is 0 Å². The smallest absolute Gasteiger partial charge is 0.213 e. The second kappa shape index (κ2) is 6.09. The van der Waals surface area contributed by atoms with Crippen LogP contribution in [-0.2, 0) is 0 Å². The van der Waals surface area contributed by atoms with Crippen molar-refractivity contribution < 1.29 is 9.59 Å². The lowest BCUT2D eigenvalue weighted by atomic mass is 9.98. The van der Waals surface area contributed by atoms with E-state index in [1.807, 2.05) is 36.4 Å². The molecule has 0 atom stereocenters. The van der Waals surface area contributed by atoms with Crippen LogP contribution in [0.5, 0.6) is 0 Å². The van der Waals surface area contributed by atoms with Crippen LogP contribution in [0.15, 0.2) is 73.1 Å². The maximum atomic E-state index is 12.5. The Morgan fingerprint density at radius 1 is 0.840 bits per heavy atom. The van der Waals surface area contributed by atoms with E-state index in [4.69, 9.17) is 0 Å². The fourth-order valence-electron chi connectivity index (χ4n) is 2.64. The number of hydrogen-bond donors (Lipinski definition) is 1. The zero-order valence-electron chi connectivity index (χ0n) is 13.0. The fourth-order valence-corrected chi connectivity index (χ4v) is 2.64. The highest BCUT2D eigenvalue weighted by molar-refractivity contribution is 6.24. The Kier molecular flexibility index (Phi) is 3.63. The molecule has 0 spiro atoms. The Hall–Kier alpha value is -3.67. The number of rotatable bonds is 3. The third-order valence-electron chi connectivity index (χ3n) is 3.89. The summed E-state index contributed by atoms with van der Waals surface area (Å²) in [5, 5.41) is 3.00. The van der Waals surface area contributed by atoms with Gasteiger partial charge in [0.2, 0.25) is 11.6 Å². The predicted molar refractivity (Wildman–Crippen MR) is 92.1 cm³/mol. The van der Waals surface area contributed by atoms with Crippen molar-refractivity contribution in [1.29, 1.82) is 0 Å². The van der Waals surface area contributed by atoms with Crippen LogP contribution in [0, 0.1) is 0 Å².